The van der Waals surface area contributed by atoms with Crippen molar-refractivity contribution in [3.8, 4) is 0 Å². The van der Waals surface area contributed by atoms with Crippen LogP contribution in [0.4, 0.5) is 5.82 Å². The van der Waals surface area contributed by atoms with Crippen LogP contribution < -0.4 is 5.32 Å². The summed E-state index contributed by atoms with van der Waals surface area (Å²) in [6.07, 6.45) is 3.27. The maximum atomic E-state index is 5.84. The fraction of sp³-hybridized carbons (Fsp3) is 0.692. The molecule has 2 fully saturated rings. The summed E-state index contributed by atoms with van der Waals surface area (Å²) in [5.41, 5.74) is 1.01. The van der Waals surface area contributed by atoms with Gasteiger partial charge in [0.15, 0.2) is 0 Å². The lowest BCUT2D eigenvalue weighted by atomic mass is 10.2. The molecule has 2 atom stereocenters. The number of aromatic nitrogens is 2. The molecule has 5 heteroatoms. The second-order valence-electron chi connectivity index (χ2n) is 5.21. The Hall–Kier alpha value is -1.20. The van der Waals surface area contributed by atoms with Crippen LogP contribution in [0.2, 0.25) is 0 Å². The summed E-state index contributed by atoms with van der Waals surface area (Å²) in [6, 6.07) is 1.96. The van der Waals surface area contributed by atoms with Crippen molar-refractivity contribution in [2.75, 3.05) is 25.5 Å². The van der Waals surface area contributed by atoms with E-state index in [4.69, 9.17) is 4.74 Å². The predicted molar refractivity (Wildman–Crippen MR) is 69.5 cm³/mol. The molecule has 18 heavy (non-hydrogen) atoms. The van der Waals surface area contributed by atoms with E-state index in [9.17, 15) is 0 Å². The minimum atomic E-state index is 0.428. The van der Waals surface area contributed by atoms with E-state index in [2.05, 4.69) is 20.2 Å². The van der Waals surface area contributed by atoms with Crippen LogP contribution in [0.15, 0.2) is 6.07 Å². The molecule has 2 bridgehead atoms. The van der Waals surface area contributed by atoms with Gasteiger partial charge < -0.3 is 10.1 Å². The Bertz CT molecular complexity index is 425. The van der Waals surface area contributed by atoms with Gasteiger partial charge >= 0.3 is 0 Å². The fourth-order valence-electron chi connectivity index (χ4n) is 2.86. The van der Waals surface area contributed by atoms with Crippen LogP contribution in [-0.4, -0.2) is 47.2 Å². The summed E-state index contributed by atoms with van der Waals surface area (Å²) >= 11 is 0. The van der Waals surface area contributed by atoms with Gasteiger partial charge in [-0.05, 0) is 19.8 Å². The van der Waals surface area contributed by atoms with E-state index in [1.54, 1.807) is 0 Å². The SMILES string of the molecule is CNc1cc(C)nc(CN2CC3CCC(C2)O3)n1. The molecular formula is C13H20N4O. The lowest BCUT2D eigenvalue weighted by Crippen LogP contribution is -2.42. The molecule has 1 aromatic rings. The van der Waals surface area contributed by atoms with E-state index in [1.165, 1.54) is 12.8 Å². The van der Waals surface area contributed by atoms with Crippen molar-refractivity contribution < 1.29 is 4.74 Å². The van der Waals surface area contributed by atoms with Gasteiger partial charge in [-0.1, -0.05) is 0 Å². The molecule has 3 rings (SSSR count). The zero-order valence-corrected chi connectivity index (χ0v) is 11.0. The van der Waals surface area contributed by atoms with Crippen LogP contribution in [-0.2, 0) is 11.3 Å². The fourth-order valence-corrected chi connectivity index (χ4v) is 2.86. The highest BCUT2D eigenvalue weighted by Gasteiger charge is 2.33. The molecule has 0 saturated carbocycles. The molecule has 0 aromatic carbocycles. The van der Waals surface area contributed by atoms with Crippen molar-refractivity contribution in [1.82, 2.24) is 14.9 Å². The van der Waals surface area contributed by atoms with Gasteiger partial charge in [0.25, 0.3) is 0 Å². The molecule has 5 nitrogen and oxygen atoms in total. The molecule has 0 radical (unpaired) electrons. The molecule has 0 aliphatic carbocycles. The smallest absolute Gasteiger partial charge is 0.144 e. The van der Waals surface area contributed by atoms with Gasteiger partial charge in [0.05, 0.1) is 18.8 Å². The largest absolute Gasteiger partial charge is 0.373 e. The molecule has 1 N–H and O–H groups in total. The minimum Gasteiger partial charge on any atom is -0.373 e. The second-order valence-corrected chi connectivity index (χ2v) is 5.21. The van der Waals surface area contributed by atoms with Crippen LogP contribution in [0, 0.1) is 6.92 Å². The normalized spacial score (nSPS) is 27.4. The van der Waals surface area contributed by atoms with Crippen molar-refractivity contribution >= 4 is 5.82 Å². The number of morpholine rings is 1. The number of aryl methyl sites for hydroxylation is 1. The number of ether oxygens (including phenoxy) is 1. The molecule has 0 spiro atoms. The molecular weight excluding hydrogens is 228 g/mol. The molecule has 0 amide bonds. The van der Waals surface area contributed by atoms with E-state index in [-0.39, 0.29) is 0 Å². The number of hydrogen-bond acceptors (Lipinski definition) is 5. The van der Waals surface area contributed by atoms with Crippen molar-refractivity contribution in [3.05, 3.63) is 17.6 Å². The monoisotopic (exact) mass is 248 g/mol. The molecule has 3 heterocycles. The molecule has 1 aromatic heterocycles. The third kappa shape index (κ3) is 2.47. The number of likely N-dealkylation sites (tertiary alicyclic amines) is 1. The average Bonchev–Trinajstić information content (AvgIpc) is 2.68. The Morgan fingerprint density at radius 2 is 2.06 bits per heavy atom. The lowest BCUT2D eigenvalue weighted by Gasteiger charge is -2.31. The Morgan fingerprint density at radius 1 is 1.33 bits per heavy atom. The Kier molecular flexibility index (Phi) is 3.18. The van der Waals surface area contributed by atoms with E-state index in [1.807, 2.05) is 20.0 Å². The zero-order valence-electron chi connectivity index (χ0n) is 11.0. The highest BCUT2D eigenvalue weighted by Crippen LogP contribution is 2.26. The van der Waals surface area contributed by atoms with E-state index in [0.29, 0.717) is 12.2 Å². The summed E-state index contributed by atoms with van der Waals surface area (Å²) < 4.78 is 5.84. The second kappa shape index (κ2) is 4.82. The quantitative estimate of drug-likeness (QED) is 0.870. The highest BCUT2D eigenvalue weighted by atomic mass is 16.5. The van der Waals surface area contributed by atoms with Crippen LogP contribution in [0.25, 0.3) is 0 Å². The first-order valence-corrected chi connectivity index (χ1v) is 6.63. The highest BCUT2D eigenvalue weighted by molar-refractivity contribution is 5.34. The van der Waals surface area contributed by atoms with Gasteiger partial charge in [-0.2, -0.15) is 0 Å². The van der Waals surface area contributed by atoms with Crippen molar-refractivity contribution in [1.29, 1.82) is 0 Å². The molecule has 2 saturated heterocycles. The summed E-state index contributed by atoms with van der Waals surface area (Å²) in [5, 5.41) is 3.08. The number of nitrogens with one attached hydrogen (secondary N) is 1. The topological polar surface area (TPSA) is 50.3 Å². The number of hydrogen-bond donors (Lipinski definition) is 1. The van der Waals surface area contributed by atoms with Crippen LogP contribution in [0.1, 0.15) is 24.4 Å². The van der Waals surface area contributed by atoms with E-state index >= 15 is 0 Å². The van der Waals surface area contributed by atoms with Gasteiger partial charge in [0.2, 0.25) is 0 Å². The number of rotatable bonds is 3. The van der Waals surface area contributed by atoms with Crippen LogP contribution >= 0.6 is 0 Å². The minimum absolute atomic E-state index is 0.428. The predicted octanol–water partition coefficient (Wildman–Crippen LogP) is 1.19. The maximum absolute atomic E-state index is 5.84. The number of fused-ring (bicyclic) bond motifs is 2. The van der Waals surface area contributed by atoms with Gasteiger partial charge in [-0.3, -0.25) is 4.90 Å². The van der Waals surface area contributed by atoms with Crippen LogP contribution in [0.5, 0.6) is 0 Å². The molecule has 98 valence electrons. The first-order valence-electron chi connectivity index (χ1n) is 6.63. The summed E-state index contributed by atoms with van der Waals surface area (Å²) in [6.45, 7) is 4.87. The van der Waals surface area contributed by atoms with Gasteiger partial charge in [-0.15, -0.1) is 0 Å². The van der Waals surface area contributed by atoms with Gasteiger partial charge in [-0.25, -0.2) is 9.97 Å². The van der Waals surface area contributed by atoms with Crippen LogP contribution in [0.3, 0.4) is 0 Å². The van der Waals surface area contributed by atoms with Crippen molar-refractivity contribution in [2.24, 2.45) is 0 Å². The Balaban J connectivity index is 1.70. The zero-order chi connectivity index (χ0) is 12.5. The summed E-state index contributed by atoms with van der Waals surface area (Å²) in [7, 11) is 1.89. The summed E-state index contributed by atoms with van der Waals surface area (Å²) in [4.78, 5) is 11.4. The van der Waals surface area contributed by atoms with E-state index in [0.717, 1.165) is 37.0 Å². The molecule has 2 unspecified atom stereocenters. The van der Waals surface area contributed by atoms with Gasteiger partial charge in [0.1, 0.15) is 11.6 Å². The third-order valence-electron chi connectivity index (χ3n) is 3.64. The Labute approximate surface area is 108 Å². The first-order chi connectivity index (χ1) is 8.72. The van der Waals surface area contributed by atoms with Crippen molar-refractivity contribution in [2.45, 2.75) is 38.5 Å². The number of nitrogens with zero attached hydrogens (tertiary/aromatic N) is 3. The average molecular weight is 248 g/mol. The first kappa shape index (κ1) is 11.9. The summed E-state index contributed by atoms with van der Waals surface area (Å²) in [5.74, 6) is 1.80. The Morgan fingerprint density at radius 3 is 2.72 bits per heavy atom. The van der Waals surface area contributed by atoms with E-state index < -0.39 is 0 Å². The standard InChI is InChI=1S/C13H20N4O/c1-9-5-12(14-2)16-13(15-9)8-17-6-10-3-4-11(7-17)18-10/h5,10-11H,3-4,6-8H2,1-2H3,(H,14,15,16). The molecule has 2 aliphatic heterocycles. The van der Waals surface area contributed by atoms with Crippen molar-refractivity contribution in [3.63, 3.8) is 0 Å². The lowest BCUT2D eigenvalue weighted by molar-refractivity contribution is -0.0417. The molecule has 2 aliphatic rings. The van der Waals surface area contributed by atoms with Gasteiger partial charge in [0, 0.05) is 31.9 Å². The third-order valence-corrected chi connectivity index (χ3v) is 3.64. The maximum Gasteiger partial charge on any atom is 0.144 e. The number of anilines is 1.